The average Bonchev–Trinajstić information content (AvgIpc) is 3.07. The van der Waals surface area contributed by atoms with Gasteiger partial charge >= 0.3 is 0 Å². The van der Waals surface area contributed by atoms with E-state index in [1.807, 2.05) is 43.3 Å². The van der Waals surface area contributed by atoms with Crippen LogP contribution in [0.2, 0.25) is 0 Å². The second-order valence-corrected chi connectivity index (χ2v) is 7.86. The molecule has 0 spiro atoms. The second-order valence-electron chi connectivity index (χ2n) is 7.86. The number of rotatable bonds is 5. The maximum absolute atomic E-state index is 12.7. The van der Waals surface area contributed by atoms with E-state index in [9.17, 15) is 9.90 Å². The molecule has 1 atom stereocenters. The molecule has 2 fully saturated rings. The number of nitrogens with zero attached hydrogens (tertiary/aromatic N) is 3. The summed E-state index contributed by atoms with van der Waals surface area (Å²) in [4.78, 5) is 19.0. The summed E-state index contributed by atoms with van der Waals surface area (Å²) in [5, 5.41) is 11.0. The predicted molar refractivity (Wildman–Crippen MR) is 101 cm³/mol. The van der Waals surface area contributed by atoms with Gasteiger partial charge in [-0.3, -0.25) is 4.79 Å². The van der Waals surface area contributed by atoms with Crippen molar-refractivity contribution in [1.29, 1.82) is 0 Å². The number of benzene rings is 1. The lowest BCUT2D eigenvalue weighted by molar-refractivity contribution is -0.138. The number of carbonyl (C=O) groups is 1. The number of aliphatic hydroxyl groups is 1. The minimum Gasteiger partial charge on any atom is -0.387 e. The molecule has 2 aliphatic heterocycles. The first-order valence-corrected chi connectivity index (χ1v) is 9.44. The van der Waals surface area contributed by atoms with Gasteiger partial charge < -0.3 is 19.8 Å². The standard InChI is InChI=1S/C20H31N3O2/c1-21(2)18-8-6-17(7-9-18)14-19(24)23-13-5-10-20(25,16-23)15-22-11-3-4-12-22/h6-9,25H,3-5,10-16H2,1-2H3. The van der Waals surface area contributed by atoms with E-state index in [4.69, 9.17) is 0 Å². The highest BCUT2D eigenvalue weighted by Crippen LogP contribution is 2.25. The van der Waals surface area contributed by atoms with Crippen molar-refractivity contribution < 1.29 is 9.90 Å². The van der Waals surface area contributed by atoms with Crippen LogP contribution in [-0.2, 0) is 11.2 Å². The van der Waals surface area contributed by atoms with Crippen LogP contribution in [0.15, 0.2) is 24.3 Å². The Morgan fingerprint density at radius 1 is 1.12 bits per heavy atom. The molecule has 0 bridgehead atoms. The SMILES string of the molecule is CN(C)c1ccc(CC(=O)N2CCCC(O)(CN3CCCC3)C2)cc1. The van der Waals surface area contributed by atoms with Gasteiger partial charge in [-0.15, -0.1) is 0 Å². The third kappa shape index (κ3) is 4.73. The first-order chi connectivity index (χ1) is 12.0. The van der Waals surface area contributed by atoms with Gasteiger partial charge in [0.15, 0.2) is 0 Å². The van der Waals surface area contributed by atoms with Crippen molar-refractivity contribution in [2.45, 2.75) is 37.7 Å². The summed E-state index contributed by atoms with van der Waals surface area (Å²) in [5.74, 6) is 0.122. The van der Waals surface area contributed by atoms with Crippen LogP contribution in [0.1, 0.15) is 31.2 Å². The van der Waals surface area contributed by atoms with Gasteiger partial charge in [-0.2, -0.15) is 0 Å². The van der Waals surface area contributed by atoms with Crippen LogP contribution in [0.4, 0.5) is 5.69 Å². The Hall–Kier alpha value is -1.59. The fourth-order valence-electron chi connectivity index (χ4n) is 4.01. The molecule has 2 saturated heterocycles. The maximum Gasteiger partial charge on any atom is 0.227 e. The minimum atomic E-state index is -0.743. The Bertz CT molecular complexity index is 581. The molecule has 1 unspecified atom stereocenters. The van der Waals surface area contributed by atoms with Gasteiger partial charge in [0, 0.05) is 32.9 Å². The second kappa shape index (κ2) is 7.75. The van der Waals surface area contributed by atoms with Crippen LogP contribution < -0.4 is 4.90 Å². The van der Waals surface area contributed by atoms with Crippen molar-refractivity contribution in [2.24, 2.45) is 0 Å². The molecule has 5 nitrogen and oxygen atoms in total. The molecule has 0 saturated carbocycles. The fourth-order valence-corrected chi connectivity index (χ4v) is 4.01. The molecule has 0 radical (unpaired) electrons. The number of β-amino-alcohol motifs (C(OH)–C–C–N with tert-alkyl or cyclic N) is 1. The molecule has 138 valence electrons. The van der Waals surface area contributed by atoms with Crippen LogP contribution >= 0.6 is 0 Å². The zero-order valence-corrected chi connectivity index (χ0v) is 15.6. The molecule has 0 aliphatic carbocycles. The quantitative estimate of drug-likeness (QED) is 0.883. The van der Waals surface area contributed by atoms with E-state index in [0.717, 1.165) is 43.7 Å². The third-order valence-electron chi connectivity index (χ3n) is 5.43. The van der Waals surface area contributed by atoms with Crippen molar-refractivity contribution >= 4 is 11.6 Å². The highest BCUT2D eigenvalue weighted by molar-refractivity contribution is 5.79. The Balaban J connectivity index is 1.57. The fraction of sp³-hybridized carbons (Fsp3) is 0.650. The Morgan fingerprint density at radius 2 is 1.80 bits per heavy atom. The number of amides is 1. The Kier molecular flexibility index (Phi) is 5.64. The first-order valence-electron chi connectivity index (χ1n) is 9.44. The van der Waals surface area contributed by atoms with Gasteiger partial charge in [0.25, 0.3) is 0 Å². The minimum absolute atomic E-state index is 0.122. The van der Waals surface area contributed by atoms with E-state index in [2.05, 4.69) is 9.80 Å². The summed E-state index contributed by atoms with van der Waals surface area (Å²) in [6.07, 6.45) is 4.54. The molecule has 2 heterocycles. The molecule has 1 aromatic rings. The van der Waals surface area contributed by atoms with Crippen molar-refractivity contribution in [3.05, 3.63) is 29.8 Å². The number of piperidine rings is 1. The molecular weight excluding hydrogens is 314 g/mol. The Labute approximate surface area is 151 Å². The predicted octanol–water partition coefficient (Wildman–Crippen LogP) is 1.74. The summed E-state index contributed by atoms with van der Waals surface area (Å²) in [7, 11) is 4.02. The smallest absolute Gasteiger partial charge is 0.227 e. The molecule has 2 aliphatic rings. The van der Waals surface area contributed by atoms with Gasteiger partial charge in [-0.25, -0.2) is 0 Å². The summed E-state index contributed by atoms with van der Waals surface area (Å²) >= 11 is 0. The first kappa shape index (κ1) is 18.2. The molecule has 25 heavy (non-hydrogen) atoms. The van der Waals surface area contributed by atoms with Crippen LogP contribution in [0.25, 0.3) is 0 Å². The van der Waals surface area contributed by atoms with E-state index in [1.165, 1.54) is 12.8 Å². The zero-order valence-electron chi connectivity index (χ0n) is 15.6. The van der Waals surface area contributed by atoms with Gasteiger partial charge in [-0.1, -0.05) is 12.1 Å². The Morgan fingerprint density at radius 3 is 2.44 bits per heavy atom. The topological polar surface area (TPSA) is 47.0 Å². The molecule has 3 rings (SSSR count). The van der Waals surface area contributed by atoms with Crippen molar-refractivity contribution in [3.63, 3.8) is 0 Å². The largest absolute Gasteiger partial charge is 0.387 e. The van der Waals surface area contributed by atoms with Gasteiger partial charge in [0.2, 0.25) is 5.91 Å². The number of hydrogen-bond acceptors (Lipinski definition) is 4. The number of anilines is 1. The highest BCUT2D eigenvalue weighted by Gasteiger charge is 2.37. The number of carbonyl (C=O) groups excluding carboxylic acids is 1. The van der Waals surface area contributed by atoms with Crippen molar-refractivity contribution in [2.75, 3.05) is 51.7 Å². The van der Waals surface area contributed by atoms with E-state index in [0.29, 0.717) is 19.5 Å². The van der Waals surface area contributed by atoms with Crippen LogP contribution in [0, 0.1) is 0 Å². The summed E-state index contributed by atoms with van der Waals surface area (Å²) in [5.41, 5.74) is 1.42. The van der Waals surface area contributed by atoms with Crippen LogP contribution in [0.5, 0.6) is 0 Å². The molecule has 1 aromatic carbocycles. The average molecular weight is 345 g/mol. The van der Waals surface area contributed by atoms with Crippen molar-refractivity contribution in [1.82, 2.24) is 9.80 Å². The monoisotopic (exact) mass is 345 g/mol. The van der Waals surface area contributed by atoms with E-state index >= 15 is 0 Å². The molecule has 1 amide bonds. The van der Waals surface area contributed by atoms with Gasteiger partial charge in [-0.05, 0) is 56.5 Å². The summed E-state index contributed by atoms with van der Waals surface area (Å²) in [6, 6.07) is 8.13. The third-order valence-corrected chi connectivity index (χ3v) is 5.43. The molecule has 5 heteroatoms. The van der Waals surface area contributed by atoms with Gasteiger partial charge in [0.1, 0.15) is 0 Å². The maximum atomic E-state index is 12.7. The van der Waals surface area contributed by atoms with E-state index in [1.54, 1.807) is 0 Å². The van der Waals surface area contributed by atoms with E-state index < -0.39 is 5.60 Å². The molecule has 1 N–H and O–H groups in total. The molecule has 0 aromatic heterocycles. The normalized spacial score (nSPS) is 24.5. The summed E-state index contributed by atoms with van der Waals surface area (Å²) in [6.45, 7) is 4.09. The lowest BCUT2D eigenvalue weighted by Crippen LogP contribution is -2.55. The van der Waals surface area contributed by atoms with Crippen LogP contribution in [-0.4, -0.2) is 73.2 Å². The number of likely N-dealkylation sites (tertiary alicyclic amines) is 2. The van der Waals surface area contributed by atoms with Gasteiger partial charge in [0.05, 0.1) is 18.6 Å². The van der Waals surface area contributed by atoms with E-state index in [-0.39, 0.29) is 5.91 Å². The summed E-state index contributed by atoms with van der Waals surface area (Å²) < 4.78 is 0. The zero-order chi connectivity index (χ0) is 17.9. The van der Waals surface area contributed by atoms with Crippen molar-refractivity contribution in [3.8, 4) is 0 Å². The highest BCUT2D eigenvalue weighted by atomic mass is 16.3. The lowest BCUT2D eigenvalue weighted by atomic mass is 9.91. The van der Waals surface area contributed by atoms with Crippen LogP contribution in [0.3, 0.4) is 0 Å². The number of hydrogen-bond donors (Lipinski definition) is 1. The lowest BCUT2D eigenvalue weighted by Gasteiger charge is -2.41. The molecular formula is C20H31N3O2.